The number of esters is 1. The molecule has 4 nitrogen and oxygen atoms in total. The van der Waals surface area contributed by atoms with Crippen LogP contribution in [0.1, 0.15) is 74.8 Å². The van der Waals surface area contributed by atoms with Crippen molar-refractivity contribution in [1.29, 1.82) is 0 Å². The van der Waals surface area contributed by atoms with Crippen molar-refractivity contribution >= 4 is 5.97 Å². The second-order valence-corrected chi connectivity index (χ2v) is 10.5. The van der Waals surface area contributed by atoms with Gasteiger partial charge in [0.2, 0.25) is 0 Å². The molecular weight excluding hydrogens is 410 g/mol. The summed E-state index contributed by atoms with van der Waals surface area (Å²) in [4.78, 5) is 15.4. The largest absolute Gasteiger partial charge is 0.466 e. The molecule has 2 bridgehead atoms. The summed E-state index contributed by atoms with van der Waals surface area (Å²) >= 11 is 0. The SMILES string of the molecule is CCOC(=O)C[C@]1(O)CC2(N3CCCCC3)C[C@@H](c3ccccc3)C1[C@H](c1ccccc1)C2. The van der Waals surface area contributed by atoms with E-state index in [0.717, 1.165) is 25.9 Å². The zero-order valence-corrected chi connectivity index (χ0v) is 19.8. The first-order valence-electron chi connectivity index (χ1n) is 12.8. The van der Waals surface area contributed by atoms with E-state index in [9.17, 15) is 9.90 Å². The molecule has 4 fully saturated rings. The van der Waals surface area contributed by atoms with E-state index < -0.39 is 5.60 Å². The molecule has 2 aromatic rings. The fourth-order valence-electron chi connectivity index (χ4n) is 7.45. The second kappa shape index (κ2) is 9.23. The Labute approximate surface area is 198 Å². The first kappa shape index (κ1) is 22.6. The van der Waals surface area contributed by atoms with Gasteiger partial charge in [-0.05, 0) is 75.1 Å². The normalized spacial score (nSPS) is 34.2. The molecule has 0 unspecified atom stereocenters. The van der Waals surface area contributed by atoms with Crippen molar-refractivity contribution in [3.63, 3.8) is 0 Å². The summed E-state index contributed by atoms with van der Waals surface area (Å²) in [6, 6.07) is 21.4. The van der Waals surface area contributed by atoms with Crippen LogP contribution in [0.15, 0.2) is 60.7 Å². The zero-order valence-electron chi connectivity index (χ0n) is 19.8. The third-order valence-electron chi connectivity index (χ3n) is 8.56. The quantitative estimate of drug-likeness (QED) is 0.613. The summed E-state index contributed by atoms with van der Waals surface area (Å²) in [5.41, 5.74) is 1.39. The number of benzene rings is 2. The Hall–Kier alpha value is -2.17. The molecule has 1 N–H and O–H groups in total. The number of rotatable bonds is 6. The number of aliphatic hydroxyl groups is 1. The van der Waals surface area contributed by atoms with Crippen LogP contribution in [-0.2, 0) is 9.53 Å². The van der Waals surface area contributed by atoms with E-state index in [-0.39, 0.29) is 35.7 Å². The van der Waals surface area contributed by atoms with Crippen molar-refractivity contribution in [2.24, 2.45) is 5.92 Å². The molecule has 1 aliphatic heterocycles. The second-order valence-electron chi connectivity index (χ2n) is 10.5. The van der Waals surface area contributed by atoms with Crippen molar-refractivity contribution < 1.29 is 14.6 Å². The monoisotopic (exact) mass is 447 g/mol. The Kier molecular flexibility index (Phi) is 6.32. The molecule has 0 amide bonds. The lowest BCUT2D eigenvalue weighted by atomic mass is 9.46. The van der Waals surface area contributed by atoms with Crippen molar-refractivity contribution in [1.82, 2.24) is 4.90 Å². The molecule has 1 saturated heterocycles. The van der Waals surface area contributed by atoms with Gasteiger partial charge in [0.05, 0.1) is 18.6 Å². The van der Waals surface area contributed by atoms with Crippen LogP contribution in [0, 0.1) is 5.92 Å². The molecule has 3 atom stereocenters. The Balaban J connectivity index is 1.63. The van der Waals surface area contributed by atoms with Crippen LogP contribution >= 0.6 is 0 Å². The van der Waals surface area contributed by atoms with Crippen LogP contribution in [0.3, 0.4) is 0 Å². The Morgan fingerprint density at radius 2 is 1.48 bits per heavy atom. The summed E-state index contributed by atoms with van der Waals surface area (Å²) in [6.45, 7) is 4.36. The summed E-state index contributed by atoms with van der Waals surface area (Å²) < 4.78 is 5.37. The molecule has 2 aromatic carbocycles. The van der Waals surface area contributed by atoms with Gasteiger partial charge in [0.25, 0.3) is 0 Å². The van der Waals surface area contributed by atoms with Crippen LogP contribution < -0.4 is 0 Å². The molecular formula is C29H37NO3. The predicted molar refractivity (Wildman–Crippen MR) is 130 cm³/mol. The molecule has 0 spiro atoms. The first-order chi connectivity index (χ1) is 16.0. The van der Waals surface area contributed by atoms with Gasteiger partial charge in [-0.25, -0.2) is 0 Å². The first-order valence-corrected chi connectivity index (χ1v) is 12.8. The number of ether oxygens (including phenoxy) is 1. The van der Waals surface area contributed by atoms with E-state index in [1.54, 1.807) is 0 Å². The van der Waals surface area contributed by atoms with E-state index in [2.05, 4.69) is 65.6 Å². The highest BCUT2D eigenvalue weighted by atomic mass is 16.5. The van der Waals surface area contributed by atoms with E-state index in [4.69, 9.17) is 4.74 Å². The van der Waals surface area contributed by atoms with Crippen LogP contribution in [0.5, 0.6) is 0 Å². The lowest BCUT2D eigenvalue weighted by Crippen LogP contribution is -2.68. The molecule has 0 radical (unpaired) electrons. The summed E-state index contributed by atoms with van der Waals surface area (Å²) in [6.07, 6.45) is 6.56. The maximum Gasteiger partial charge on any atom is 0.308 e. The van der Waals surface area contributed by atoms with Gasteiger partial charge in [0.1, 0.15) is 0 Å². The maximum atomic E-state index is 12.8. The maximum absolute atomic E-state index is 12.8. The van der Waals surface area contributed by atoms with Crippen molar-refractivity contribution in [3.8, 4) is 0 Å². The number of likely N-dealkylation sites (tertiary alicyclic amines) is 1. The van der Waals surface area contributed by atoms with E-state index in [1.165, 1.54) is 30.4 Å². The highest BCUT2D eigenvalue weighted by Gasteiger charge is 2.64. The van der Waals surface area contributed by atoms with E-state index in [1.807, 2.05) is 6.92 Å². The van der Waals surface area contributed by atoms with Gasteiger partial charge >= 0.3 is 5.97 Å². The predicted octanol–water partition coefficient (Wildman–Crippen LogP) is 5.28. The van der Waals surface area contributed by atoms with E-state index >= 15 is 0 Å². The molecule has 1 heterocycles. The fraction of sp³-hybridized carbons (Fsp3) is 0.552. The fourth-order valence-corrected chi connectivity index (χ4v) is 7.45. The highest BCUT2D eigenvalue weighted by Crippen LogP contribution is 2.64. The molecule has 33 heavy (non-hydrogen) atoms. The molecule has 3 saturated carbocycles. The van der Waals surface area contributed by atoms with Crippen molar-refractivity contribution in [2.45, 2.75) is 74.8 Å². The van der Waals surface area contributed by atoms with Crippen LogP contribution in [-0.4, -0.2) is 46.8 Å². The molecule has 0 aromatic heterocycles. The minimum Gasteiger partial charge on any atom is -0.466 e. The van der Waals surface area contributed by atoms with Crippen LogP contribution in [0.25, 0.3) is 0 Å². The molecule has 3 aliphatic carbocycles. The number of nitrogens with zero attached hydrogens (tertiary/aromatic N) is 1. The number of piperidine rings is 1. The number of hydrogen-bond donors (Lipinski definition) is 1. The van der Waals surface area contributed by atoms with Gasteiger partial charge in [0.15, 0.2) is 0 Å². The molecule has 4 aliphatic rings. The average Bonchev–Trinajstić information content (AvgIpc) is 2.85. The van der Waals surface area contributed by atoms with Gasteiger partial charge in [-0.3, -0.25) is 9.69 Å². The Morgan fingerprint density at radius 1 is 0.939 bits per heavy atom. The third kappa shape index (κ3) is 4.24. The third-order valence-corrected chi connectivity index (χ3v) is 8.56. The number of carbonyl (C=O) groups is 1. The number of hydrogen-bond acceptors (Lipinski definition) is 4. The van der Waals surface area contributed by atoms with Gasteiger partial charge in [0, 0.05) is 11.5 Å². The lowest BCUT2D eigenvalue weighted by Gasteiger charge is -2.65. The standard InChI is InChI=1S/C29H37NO3/c1-2-33-26(31)20-29(32)21-28(30-16-10-5-11-17-30)18-24(22-12-6-3-7-13-22)27(29)25(19-28)23-14-8-4-9-15-23/h3-4,6-9,12-15,24-25,27,32H,2,5,10-11,16-21H2,1H3/t24-,25-,27?,28?,29-/m0/s1. The topological polar surface area (TPSA) is 49.8 Å². The van der Waals surface area contributed by atoms with Gasteiger partial charge in [-0.1, -0.05) is 67.1 Å². The van der Waals surface area contributed by atoms with E-state index in [0.29, 0.717) is 13.0 Å². The van der Waals surface area contributed by atoms with Crippen molar-refractivity contribution in [3.05, 3.63) is 71.8 Å². The van der Waals surface area contributed by atoms with Crippen LogP contribution in [0.4, 0.5) is 0 Å². The van der Waals surface area contributed by atoms with Gasteiger partial charge < -0.3 is 9.84 Å². The number of carbonyl (C=O) groups excluding carboxylic acids is 1. The van der Waals surface area contributed by atoms with Crippen LogP contribution in [0.2, 0.25) is 0 Å². The number of fused-ring (bicyclic) bond motifs is 3. The highest BCUT2D eigenvalue weighted by molar-refractivity contribution is 5.71. The smallest absolute Gasteiger partial charge is 0.308 e. The minimum absolute atomic E-state index is 0.0154. The Bertz CT molecular complexity index is 890. The van der Waals surface area contributed by atoms with Crippen molar-refractivity contribution in [2.75, 3.05) is 19.7 Å². The average molecular weight is 448 g/mol. The zero-order chi connectivity index (χ0) is 22.9. The molecule has 176 valence electrons. The van der Waals surface area contributed by atoms with Gasteiger partial charge in [-0.2, -0.15) is 0 Å². The van der Waals surface area contributed by atoms with Gasteiger partial charge in [-0.15, -0.1) is 0 Å². The lowest BCUT2D eigenvalue weighted by molar-refractivity contribution is -0.185. The summed E-state index contributed by atoms with van der Waals surface area (Å²) in [5.74, 6) is 0.124. The Morgan fingerprint density at radius 3 is 2.00 bits per heavy atom. The molecule has 4 heteroatoms. The summed E-state index contributed by atoms with van der Waals surface area (Å²) in [7, 11) is 0. The molecule has 6 rings (SSSR count). The minimum atomic E-state index is -1.08. The summed E-state index contributed by atoms with van der Waals surface area (Å²) in [5, 5.41) is 12.4.